The maximum absolute atomic E-state index is 14.5. The lowest BCUT2D eigenvalue weighted by molar-refractivity contribution is 0.0995. The zero-order chi connectivity index (χ0) is 44.4. The lowest BCUT2D eigenvalue weighted by atomic mass is 9.93. The van der Waals surface area contributed by atoms with E-state index in [-0.39, 0.29) is 18.0 Å². The largest absolute Gasteiger partial charge is 0.354 e. The quantitative estimate of drug-likeness (QED) is 0.163. The maximum Gasteiger partial charge on any atom is 0.195 e. The normalized spacial score (nSPS) is 16.4. The number of nitrogens with one attached hydrogen (secondary N) is 1. The van der Waals surface area contributed by atoms with Crippen LogP contribution >= 0.6 is 0 Å². The minimum atomic E-state index is -0.149. The van der Waals surface area contributed by atoms with Crippen LogP contribution in [0.15, 0.2) is 188 Å². The molecular formula is C60H49N3O2. The minimum Gasteiger partial charge on any atom is -0.354 e. The number of aromatic nitrogens is 2. The molecule has 5 heteroatoms. The van der Waals surface area contributed by atoms with Gasteiger partial charge in [-0.2, -0.15) is 0 Å². The van der Waals surface area contributed by atoms with Crippen LogP contribution in [0.3, 0.4) is 0 Å². The number of hydrogen-bond donors (Lipinski definition) is 1. The van der Waals surface area contributed by atoms with Gasteiger partial charge in [0.05, 0.1) is 11.2 Å². The molecule has 2 aliphatic carbocycles. The van der Waals surface area contributed by atoms with Gasteiger partial charge in [0.1, 0.15) is 0 Å². The molecule has 3 heterocycles. The topological polar surface area (TPSA) is 56.0 Å². The van der Waals surface area contributed by atoms with Crippen LogP contribution in [0.4, 0.5) is 11.4 Å². The fourth-order valence-corrected chi connectivity index (χ4v) is 9.32. The van der Waals surface area contributed by atoms with Gasteiger partial charge in [-0.3, -0.25) is 9.59 Å². The predicted octanol–water partition coefficient (Wildman–Crippen LogP) is 15.3. The number of para-hydroxylation sites is 1. The van der Waals surface area contributed by atoms with Crippen LogP contribution in [0.2, 0.25) is 0 Å². The number of allylic oxidation sites excluding steroid dienone is 11. The Balaban J connectivity index is 0.994. The molecule has 1 aliphatic heterocycles. The number of Topliss-reactive ketones (excluding diaryl/α,β-unsaturated/α-hetero) is 2. The predicted molar refractivity (Wildman–Crippen MR) is 272 cm³/mol. The number of carbonyl (C=O) groups excluding carboxylic acids is 2. The Hall–Kier alpha value is -8.02. The molecule has 1 N–H and O–H groups in total. The average Bonchev–Trinajstić information content (AvgIpc) is 3.76. The third kappa shape index (κ3) is 7.87. The lowest BCUT2D eigenvalue weighted by Gasteiger charge is -2.18. The molecule has 0 bridgehead atoms. The highest BCUT2D eigenvalue weighted by Crippen LogP contribution is 2.38. The Morgan fingerprint density at radius 3 is 2.14 bits per heavy atom. The van der Waals surface area contributed by atoms with E-state index >= 15 is 0 Å². The number of ketones is 2. The van der Waals surface area contributed by atoms with E-state index < -0.39 is 0 Å². The number of fused-ring (bicyclic) bond motifs is 6. The molecule has 0 spiro atoms. The van der Waals surface area contributed by atoms with Crippen molar-refractivity contribution in [2.75, 3.05) is 5.32 Å². The van der Waals surface area contributed by atoms with Gasteiger partial charge < -0.3 is 14.5 Å². The molecule has 0 amide bonds. The average molecular weight is 844 g/mol. The van der Waals surface area contributed by atoms with Crippen LogP contribution in [0.1, 0.15) is 81.9 Å². The van der Waals surface area contributed by atoms with E-state index in [9.17, 15) is 9.59 Å². The van der Waals surface area contributed by atoms with Crippen LogP contribution in [0.5, 0.6) is 0 Å². The summed E-state index contributed by atoms with van der Waals surface area (Å²) in [5, 5.41) is 4.72. The standard InChI is InChI=1S/C60H49N3O2/c1-4-6-8-15-46-39-62(56-19-13-11-16-49(46)56)47-29-23-42(24-30-47)44-27-33-54-52(37-44)59(64)35-22-40(3)36-41(5-2)60(65)53-38-45(28-34-55(53)61-54)43-25-31-48(32-26-43)63-57-20-10-7-9-17-50(57)51-18-12-14-21-58(51)63/h4-6,8-11,13-17,19-34,36-39,61H,2,7,12,18,35H2,1,3H3/b6-4-,15-8-,40-22-,41-36+. The smallest absolute Gasteiger partial charge is 0.195 e. The molecular weight excluding hydrogens is 795 g/mol. The number of anilines is 2. The fourth-order valence-electron chi connectivity index (χ4n) is 9.32. The minimum absolute atomic E-state index is 0.0239. The lowest BCUT2D eigenvalue weighted by Crippen LogP contribution is -2.10. The summed E-state index contributed by atoms with van der Waals surface area (Å²) < 4.78 is 4.58. The summed E-state index contributed by atoms with van der Waals surface area (Å²) in [5.74, 6) is -0.173. The molecule has 5 nitrogen and oxygen atoms in total. The first kappa shape index (κ1) is 41.0. The summed E-state index contributed by atoms with van der Waals surface area (Å²) in [6.07, 6.45) is 32.4. The van der Waals surface area contributed by atoms with Gasteiger partial charge in [0.25, 0.3) is 0 Å². The third-order valence-corrected chi connectivity index (χ3v) is 12.6. The monoisotopic (exact) mass is 843 g/mol. The van der Waals surface area contributed by atoms with E-state index in [0.29, 0.717) is 28.1 Å². The van der Waals surface area contributed by atoms with Crippen molar-refractivity contribution in [2.45, 2.75) is 39.5 Å². The first-order chi connectivity index (χ1) is 31.9. The second kappa shape index (κ2) is 17.6. The van der Waals surface area contributed by atoms with Crippen molar-refractivity contribution in [1.29, 1.82) is 0 Å². The molecule has 0 atom stereocenters. The first-order valence-electron chi connectivity index (χ1n) is 22.4. The van der Waals surface area contributed by atoms with E-state index in [1.165, 1.54) is 27.9 Å². The molecule has 10 rings (SSSR count). The Morgan fingerprint density at radius 1 is 0.708 bits per heavy atom. The second-order valence-corrected chi connectivity index (χ2v) is 16.8. The van der Waals surface area contributed by atoms with Crippen LogP contribution in [0.25, 0.3) is 68.8 Å². The van der Waals surface area contributed by atoms with Crippen LogP contribution in [-0.2, 0) is 6.42 Å². The Kier molecular flexibility index (Phi) is 11.1. The highest BCUT2D eigenvalue weighted by molar-refractivity contribution is 6.15. The summed E-state index contributed by atoms with van der Waals surface area (Å²) in [6, 6.07) is 37.4. The summed E-state index contributed by atoms with van der Waals surface area (Å²) in [4.78, 5) is 28.6. The van der Waals surface area contributed by atoms with Crippen LogP contribution < -0.4 is 5.32 Å². The van der Waals surface area contributed by atoms with Gasteiger partial charge in [-0.25, -0.2) is 0 Å². The molecule has 7 aromatic rings. The maximum atomic E-state index is 14.5. The Morgan fingerprint density at radius 2 is 1.38 bits per heavy atom. The molecule has 0 fully saturated rings. The fraction of sp³-hybridized carbons (Fsp3) is 0.100. The third-order valence-electron chi connectivity index (χ3n) is 12.6. The Bertz CT molecular complexity index is 3280. The highest BCUT2D eigenvalue weighted by atomic mass is 16.1. The van der Waals surface area contributed by atoms with Crippen LogP contribution in [-0.4, -0.2) is 20.7 Å². The van der Waals surface area contributed by atoms with E-state index in [1.54, 1.807) is 6.08 Å². The molecule has 3 aliphatic rings. The number of hydrogen-bond acceptors (Lipinski definition) is 3. The number of carbonyl (C=O) groups is 2. The summed E-state index contributed by atoms with van der Waals surface area (Å²) >= 11 is 0. The molecule has 0 saturated carbocycles. The number of benzene rings is 5. The summed E-state index contributed by atoms with van der Waals surface area (Å²) in [6.45, 7) is 7.94. The van der Waals surface area contributed by atoms with Gasteiger partial charge in [-0.05, 0) is 134 Å². The van der Waals surface area contributed by atoms with Gasteiger partial charge in [-0.15, -0.1) is 0 Å². The van der Waals surface area contributed by atoms with Gasteiger partial charge in [0, 0.05) is 74.3 Å². The molecule has 0 unspecified atom stereocenters. The van der Waals surface area contributed by atoms with Gasteiger partial charge >= 0.3 is 0 Å². The summed E-state index contributed by atoms with van der Waals surface area (Å²) in [7, 11) is 0. The highest BCUT2D eigenvalue weighted by Gasteiger charge is 2.23. The van der Waals surface area contributed by atoms with E-state index in [2.05, 4.69) is 149 Å². The molecule has 0 radical (unpaired) electrons. The Labute approximate surface area is 380 Å². The zero-order valence-corrected chi connectivity index (χ0v) is 36.7. The van der Waals surface area contributed by atoms with Crippen molar-refractivity contribution in [1.82, 2.24) is 9.13 Å². The van der Waals surface area contributed by atoms with Crippen molar-refractivity contribution in [3.05, 3.63) is 227 Å². The molecule has 316 valence electrons. The van der Waals surface area contributed by atoms with Crippen LogP contribution in [0, 0.1) is 0 Å². The molecule has 2 aromatic heterocycles. The van der Waals surface area contributed by atoms with E-state index in [1.807, 2.05) is 74.5 Å². The summed E-state index contributed by atoms with van der Waals surface area (Å²) in [5.41, 5.74) is 17.0. The van der Waals surface area contributed by atoms with Gasteiger partial charge in [-0.1, -0.05) is 128 Å². The molecule has 0 saturated heterocycles. The van der Waals surface area contributed by atoms with Gasteiger partial charge in [0.2, 0.25) is 0 Å². The SMILES string of the molecule is C=C/C1=C\C(C)=C/CC(=O)c2cc(-c3ccc(-n4cc(/C=C\C=C/C)c5ccccc54)cc3)ccc2Nc2ccc(-c3ccc(-n4c5c(c6c4C=CCC6)C=CCC=C5)cc3)cc2C1=O. The van der Waals surface area contributed by atoms with Crippen molar-refractivity contribution in [2.24, 2.45) is 0 Å². The van der Waals surface area contributed by atoms with Crippen molar-refractivity contribution in [3.8, 4) is 33.6 Å². The van der Waals surface area contributed by atoms with Crippen molar-refractivity contribution >= 4 is 58.1 Å². The van der Waals surface area contributed by atoms with Crippen molar-refractivity contribution in [3.63, 3.8) is 0 Å². The zero-order valence-electron chi connectivity index (χ0n) is 36.7. The molecule has 5 aromatic carbocycles. The second-order valence-electron chi connectivity index (χ2n) is 16.8. The molecule has 65 heavy (non-hydrogen) atoms. The first-order valence-corrected chi connectivity index (χ1v) is 22.4. The number of nitrogens with zero attached hydrogens (tertiary/aromatic N) is 2. The van der Waals surface area contributed by atoms with E-state index in [4.69, 9.17) is 0 Å². The number of rotatable bonds is 7. The van der Waals surface area contributed by atoms with Gasteiger partial charge in [0.15, 0.2) is 11.6 Å². The van der Waals surface area contributed by atoms with Crippen molar-refractivity contribution < 1.29 is 9.59 Å². The van der Waals surface area contributed by atoms with E-state index in [0.717, 1.165) is 69.5 Å².